The summed E-state index contributed by atoms with van der Waals surface area (Å²) < 4.78 is 2.35. The molecule has 1 heterocycles. The minimum atomic E-state index is 0. The summed E-state index contributed by atoms with van der Waals surface area (Å²) in [6.07, 6.45) is 8.76. The second-order valence-electron chi connectivity index (χ2n) is 5.68. The number of benzene rings is 2. The normalized spacial score (nSPS) is 10.7. The zero-order valence-electron chi connectivity index (χ0n) is 14.0. The van der Waals surface area contributed by atoms with E-state index in [9.17, 15) is 0 Å². The summed E-state index contributed by atoms with van der Waals surface area (Å²) in [7, 11) is 0. The molecule has 2 nitrogen and oxygen atoms in total. The number of aromatic nitrogens is 1. The van der Waals surface area contributed by atoms with Crippen molar-refractivity contribution in [1.29, 1.82) is 0 Å². The van der Waals surface area contributed by atoms with E-state index in [2.05, 4.69) is 71.5 Å². The summed E-state index contributed by atoms with van der Waals surface area (Å²) in [5.41, 5.74) is 3.63. The van der Waals surface area contributed by atoms with Crippen molar-refractivity contribution in [3.8, 4) is 0 Å². The first-order valence-electron chi connectivity index (χ1n) is 8.28. The Morgan fingerprint density at radius 3 is 2.50 bits per heavy atom. The fourth-order valence-electron chi connectivity index (χ4n) is 2.74. The summed E-state index contributed by atoms with van der Waals surface area (Å²) in [5, 5.41) is 4.61. The van der Waals surface area contributed by atoms with E-state index >= 15 is 0 Å². The van der Waals surface area contributed by atoms with Crippen LogP contribution in [-0.4, -0.2) is 0 Å². The number of fused-ring (bicyclic) bond motifs is 1. The lowest BCUT2D eigenvalue weighted by atomic mass is 10.1. The number of aryl methyl sites for hydroxylation is 1. The average Bonchev–Trinajstić information content (AvgIpc) is 2.62. The van der Waals surface area contributed by atoms with Crippen molar-refractivity contribution in [2.75, 3.05) is 5.32 Å². The third kappa shape index (κ3) is 4.57. The molecule has 1 aromatic heterocycles. The Morgan fingerprint density at radius 1 is 0.958 bits per heavy atom. The van der Waals surface area contributed by atoms with Crippen LogP contribution in [0, 0.1) is 0 Å². The van der Waals surface area contributed by atoms with Gasteiger partial charge >= 0.3 is 0 Å². The molecule has 2 aromatic carbocycles. The number of hydrogen-bond acceptors (Lipinski definition) is 1. The van der Waals surface area contributed by atoms with Crippen LogP contribution in [0.3, 0.4) is 0 Å². The van der Waals surface area contributed by atoms with Crippen molar-refractivity contribution in [2.24, 2.45) is 0 Å². The molecule has 0 atom stereocenters. The van der Waals surface area contributed by atoms with E-state index in [4.69, 9.17) is 0 Å². The number of halogens is 1. The quantitative estimate of drug-likeness (QED) is 0.468. The van der Waals surface area contributed by atoms with Crippen molar-refractivity contribution >= 4 is 22.7 Å². The smallest absolute Gasteiger partial charge is 0.213 e. The third-order valence-corrected chi connectivity index (χ3v) is 4.00. The molecule has 3 rings (SSSR count). The van der Waals surface area contributed by atoms with Gasteiger partial charge in [0.1, 0.15) is 6.54 Å². The number of para-hydroxylation sites is 2. The van der Waals surface area contributed by atoms with Crippen LogP contribution < -0.4 is 33.9 Å². The Balaban J connectivity index is 0.00000208. The highest BCUT2D eigenvalue weighted by molar-refractivity contribution is 5.85. The molecule has 0 amide bonds. The van der Waals surface area contributed by atoms with Crippen LogP contribution in [0.1, 0.15) is 25.3 Å². The molecule has 0 aliphatic heterocycles. The van der Waals surface area contributed by atoms with Gasteiger partial charge in [-0.05, 0) is 29.8 Å². The Hall–Kier alpha value is -1.88. The first-order chi connectivity index (χ1) is 11.4. The van der Waals surface area contributed by atoms with Gasteiger partial charge in [-0.15, -0.1) is 0 Å². The fourth-order valence-corrected chi connectivity index (χ4v) is 2.74. The molecule has 3 aromatic rings. The summed E-state index contributed by atoms with van der Waals surface area (Å²) in [6, 6.07) is 21.0. The van der Waals surface area contributed by atoms with Crippen LogP contribution in [-0.2, 0) is 6.54 Å². The second kappa shape index (κ2) is 9.42. The van der Waals surface area contributed by atoms with E-state index in [1.165, 1.54) is 29.3 Å². The van der Waals surface area contributed by atoms with E-state index in [0.29, 0.717) is 0 Å². The molecule has 0 saturated heterocycles. The predicted octanol–water partition coefficient (Wildman–Crippen LogP) is 2.01. The monoisotopic (exact) mass is 430 g/mol. The molecule has 1 N–H and O–H groups in total. The number of unbranched alkanes of at least 4 members (excludes halogenated alkanes) is 1. The first kappa shape index (κ1) is 18.5. The summed E-state index contributed by atoms with van der Waals surface area (Å²) >= 11 is 0. The lowest BCUT2D eigenvalue weighted by molar-refractivity contribution is -0.671. The van der Waals surface area contributed by atoms with Gasteiger partial charge in [0.15, 0.2) is 6.20 Å². The first-order valence-corrected chi connectivity index (χ1v) is 8.28. The van der Waals surface area contributed by atoms with Crippen LogP contribution in [0.25, 0.3) is 17.0 Å². The van der Waals surface area contributed by atoms with Gasteiger partial charge in [0, 0.05) is 30.4 Å². The summed E-state index contributed by atoms with van der Waals surface area (Å²) in [4.78, 5) is 0. The maximum Gasteiger partial charge on any atom is 0.213 e. The Morgan fingerprint density at radius 2 is 1.71 bits per heavy atom. The topological polar surface area (TPSA) is 15.9 Å². The fraction of sp³-hybridized carbons (Fsp3) is 0.190. The number of hydrogen-bond donors (Lipinski definition) is 1. The standard InChI is InChI=1S/C21H22N2.HI/c1-2-3-16-23-17-14-18(20-11-7-8-12-21(20)23)13-15-22-19-9-5-4-6-10-19;/h4-15,17H,2-3,16H2,1H3;1H. The van der Waals surface area contributed by atoms with Gasteiger partial charge in [-0.1, -0.05) is 43.7 Å². The van der Waals surface area contributed by atoms with Crippen molar-refractivity contribution in [3.05, 3.63) is 78.6 Å². The maximum absolute atomic E-state index is 3.32. The predicted molar refractivity (Wildman–Crippen MR) is 98.1 cm³/mol. The molecule has 0 saturated carbocycles. The number of nitrogens with one attached hydrogen (secondary N) is 1. The lowest BCUT2D eigenvalue weighted by Crippen LogP contribution is -3.00. The van der Waals surface area contributed by atoms with Gasteiger partial charge in [0.05, 0.1) is 5.39 Å². The Kier molecular flexibility index (Phi) is 7.25. The number of pyridine rings is 1. The molecular formula is C21H23IN2. The highest BCUT2D eigenvalue weighted by Crippen LogP contribution is 2.17. The highest BCUT2D eigenvalue weighted by Gasteiger charge is 2.09. The van der Waals surface area contributed by atoms with Gasteiger partial charge in [0.2, 0.25) is 5.52 Å². The van der Waals surface area contributed by atoms with Gasteiger partial charge in [-0.3, -0.25) is 0 Å². The van der Waals surface area contributed by atoms with Crippen LogP contribution >= 0.6 is 0 Å². The molecular weight excluding hydrogens is 407 g/mol. The highest BCUT2D eigenvalue weighted by atomic mass is 127. The zero-order chi connectivity index (χ0) is 15.9. The van der Waals surface area contributed by atoms with E-state index in [1.807, 2.05) is 24.4 Å². The van der Waals surface area contributed by atoms with Gasteiger partial charge in [-0.25, -0.2) is 0 Å². The molecule has 0 aliphatic carbocycles. The minimum absolute atomic E-state index is 0. The van der Waals surface area contributed by atoms with Crippen molar-refractivity contribution in [1.82, 2.24) is 0 Å². The molecule has 124 valence electrons. The molecule has 3 heteroatoms. The molecule has 0 bridgehead atoms. The number of anilines is 1. The third-order valence-electron chi connectivity index (χ3n) is 4.00. The minimum Gasteiger partial charge on any atom is -1.00 e. The molecule has 0 spiro atoms. The van der Waals surface area contributed by atoms with Gasteiger partial charge < -0.3 is 29.3 Å². The Labute approximate surface area is 161 Å². The number of rotatable bonds is 6. The molecule has 0 radical (unpaired) electrons. The maximum atomic E-state index is 3.32. The Bertz CT molecular complexity index is 797. The van der Waals surface area contributed by atoms with Crippen molar-refractivity contribution in [3.63, 3.8) is 0 Å². The van der Waals surface area contributed by atoms with Crippen LogP contribution in [0.5, 0.6) is 0 Å². The average molecular weight is 430 g/mol. The second-order valence-corrected chi connectivity index (χ2v) is 5.68. The molecule has 0 unspecified atom stereocenters. The van der Waals surface area contributed by atoms with Gasteiger partial charge in [-0.2, -0.15) is 4.57 Å². The van der Waals surface area contributed by atoms with Crippen LogP contribution in [0.4, 0.5) is 5.69 Å². The zero-order valence-corrected chi connectivity index (χ0v) is 16.1. The van der Waals surface area contributed by atoms with E-state index in [-0.39, 0.29) is 24.0 Å². The lowest BCUT2D eigenvalue weighted by Gasteiger charge is -2.04. The largest absolute Gasteiger partial charge is 1.00 e. The van der Waals surface area contributed by atoms with E-state index in [1.54, 1.807) is 0 Å². The molecule has 0 aliphatic rings. The van der Waals surface area contributed by atoms with E-state index in [0.717, 1.165) is 12.2 Å². The molecule has 24 heavy (non-hydrogen) atoms. The van der Waals surface area contributed by atoms with Crippen LogP contribution in [0.2, 0.25) is 0 Å². The van der Waals surface area contributed by atoms with Crippen LogP contribution in [0.15, 0.2) is 73.1 Å². The summed E-state index contributed by atoms with van der Waals surface area (Å²) in [5.74, 6) is 0. The summed E-state index contributed by atoms with van der Waals surface area (Å²) in [6.45, 7) is 3.30. The van der Waals surface area contributed by atoms with Crippen molar-refractivity contribution < 1.29 is 28.5 Å². The van der Waals surface area contributed by atoms with Gasteiger partial charge in [0.25, 0.3) is 0 Å². The SMILES string of the molecule is CCCC[n+]1ccc(C=CNc2ccccc2)c2ccccc21.[I-]. The van der Waals surface area contributed by atoms with Crippen molar-refractivity contribution in [2.45, 2.75) is 26.3 Å². The number of nitrogens with zero attached hydrogens (tertiary/aromatic N) is 1. The molecule has 0 fully saturated rings. The van der Waals surface area contributed by atoms with E-state index < -0.39 is 0 Å².